The van der Waals surface area contributed by atoms with Gasteiger partial charge in [0.25, 0.3) is 5.91 Å². The predicted molar refractivity (Wildman–Crippen MR) is 61.8 cm³/mol. The van der Waals surface area contributed by atoms with Gasteiger partial charge in [-0.15, -0.1) is 0 Å². The predicted octanol–water partition coefficient (Wildman–Crippen LogP) is 0.665. The van der Waals surface area contributed by atoms with E-state index in [1.54, 1.807) is 31.9 Å². The van der Waals surface area contributed by atoms with Gasteiger partial charge in [0.2, 0.25) is 0 Å². The Balaban J connectivity index is 2.57. The molecule has 1 aromatic heterocycles. The van der Waals surface area contributed by atoms with Gasteiger partial charge >= 0.3 is 5.97 Å². The maximum absolute atomic E-state index is 12.0. The van der Waals surface area contributed by atoms with Crippen LogP contribution in [-0.4, -0.2) is 45.3 Å². The molecule has 1 amide bonds. The van der Waals surface area contributed by atoms with Crippen molar-refractivity contribution in [1.82, 2.24) is 14.7 Å². The van der Waals surface area contributed by atoms with Crippen molar-refractivity contribution in [3.63, 3.8) is 0 Å². The van der Waals surface area contributed by atoms with Crippen molar-refractivity contribution in [3.8, 4) is 0 Å². The average molecular weight is 239 g/mol. The third-order valence-corrected chi connectivity index (χ3v) is 2.47. The van der Waals surface area contributed by atoms with Gasteiger partial charge in [0.05, 0.1) is 11.3 Å². The number of carboxylic acids is 1. The fourth-order valence-electron chi connectivity index (χ4n) is 1.58. The van der Waals surface area contributed by atoms with Gasteiger partial charge in [-0.2, -0.15) is 5.10 Å². The van der Waals surface area contributed by atoms with Crippen molar-refractivity contribution in [3.05, 3.63) is 17.5 Å². The highest BCUT2D eigenvalue weighted by Crippen LogP contribution is 2.08. The summed E-state index contributed by atoms with van der Waals surface area (Å²) < 4.78 is 1.59. The first-order chi connectivity index (χ1) is 7.91. The number of amides is 1. The van der Waals surface area contributed by atoms with E-state index >= 15 is 0 Å². The largest absolute Gasteiger partial charge is 0.481 e. The summed E-state index contributed by atoms with van der Waals surface area (Å²) in [5.41, 5.74) is 1.24. The summed E-state index contributed by atoms with van der Waals surface area (Å²) in [6.07, 6.45) is 2.20. The number of carboxylic acid groups (broad SMARTS) is 1. The smallest absolute Gasteiger partial charge is 0.303 e. The fourth-order valence-corrected chi connectivity index (χ4v) is 1.58. The lowest BCUT2D eigenvalue weighted by Crippen LogP contribution is -2.28. The van der Waals surface area contributed by atoms with Crippen LogP contribution in [-0.2, 0) is 11.8 Å². The second-order valence-corrected chi connectivity index (χ2v) is 4.03. The molecule has 1 rings (SSSR count). The Hall–Kier alpha value is -1.85. The van der Waals surface area contributed by atoms with E-state index in [2.05, 4.69) is 5.10 Å². The quantitative estimate of drug-likeness (QED) is 0.819. The molecular formula is C11H17N3O3. The minimum absolute atomic E-state index is 0.0731. The molecule has 6 heteroatoms. The van der Waals surface area contributed by atoms with Crippen molar-refractivity contribution in [2.45, 2.75) is 19.8 Å². The van der Waals surface area contributed by atoms with Crippen LogP contribution in [0.5, 0.6) is 0 Å². The van der Waals surface area contributed by atoms with Crippen LogP contribution in [0.25, 0.3) is 0 Å². The molecule has 0 aromatic carbocycles. The zero-order chi connectivity index (χ0) is 13.0. The van der Waals surface area contributed by atoms with Crippen molar-refractivity contribution in [1.29, 1.82) is 0 Å². The zero-order valence-corrected chi connectivity index (χ0v) is 10.3. The molecule has 0 saturated carbocycles. The lowest BCUT2D eigenvalue weighted by Gasteiger charge is -2.15. The molecule has 94 valence electrons. The number of aromatic nitrogens is 2. The Bertz CT molecular complexity index is 426. The molecule has 17 heavy (non-hydrogen) atoms. The van der Waals surface area contributed by atoms with E-state index < -0.39 is 5.97 Å². The van der Waals surface area contributed by atoms with Gasteiger partial charge in [0, 0.05) is 33.3 Å². The summed E-state index contributed by atoms with van der Waals surface area (Å²) in [7, 11) is 3.42. The van der Waals surface area contributed by atoms with Crippen LogP contribution in [0, 0.1) is 6.92 Å². The number of aliphatic carboxylic acids is 1. The summed E-state index contributed by atoms with van der Waals surface area (Å²) in [6.45, 7) is 2.21. The molecule has 0 atom stereocenters. The second-order valence-electron chi connectivity index (χ2n) is 4.03. The number of aryl methyl sites for hydroxylation is 2. The maximum atomic E-state index is 12.0. The Morgan fingerprint density at radius 3 is 2.65 bits per heavy atom. The first kappa shape index (κ1) is 13.2. The van der Waals surface area contributed by atoms with Gasteiger partial charge in [0.15, 0.2) is 0 Å². The van der Waals surface area contributed by atoms with E-state index in [1.807, 2.05) is 0 Å². The number of carbonyl (C=O) groups is 2. The van der Waals surface area contributed by atoms with Crippen molar-refractivity contribution in [2.24, 2.45) is 7.05 Å². The molecule has 0 radical (unpaired) electrons. The molecule has 1 N–H and O–H groups in total. The van der Waals surface area contributed by atoms with E-state index in [0.29, 0.717) is 24.2 Å². The lowest BCUT2D eigenvalue weighted by molar-refractivity contribution is -0.137. The number of carbonyl (C=O) groups excluding carboxylic acids is 1. The highest BCUT2D eigenvalue weighted by atomic mass is 16.4. The monoisotopic (exact) mass is 239 g/mol. The van der Waals surface area contributed by atoms with E-state index in [1.165, 1.54) is 4.90 Å². The first-order valence-electron chi connectivity index (χ1n) is 5.39. The second kappa shape index (κ2) is 5.47. The zero-order valence-electron chi connectivity index (χ0n) is 10.3. The third-order valence-electron chi connectivity index (χ3n) is 2.47. The molecule has 0 fully saturated rings. The lowest BCUT2D eigenvalue weighted by atomic mass is 10.2. The van der Waals surface area contributed by atoms with Gasteiger partial charge in [-0.05, 0) is 13.3 Å². The molecule has 0 aliphatic carbocycles. The molecule has 0 spiro atoms. The first-order valence-corrected chi connectivity index (χ1v) is 5.39. The third kappa shape index (κ3) is 3.58. The summed E-state index contributed by atoms with van der Waals surface area (Å²) in [6, 6.07) is 0. The molecule has 0 bridgehead atoms. The van der Waals surface area contributed by atoms with Gasteiger partial charge < -0.3 is 10.0 Å². The van der Waals surface area contributed by atoms with E-state index in [0.717, 1.165) is 0 Å². The molecule has 1 aromatic rings. The minimum Gasteiger partial charge on any atom is -0.481 e. The van der Waals surface area contributed by atoms with Crippen LogP contribution in [0.2, 0.25) is 0 Å². The van der Waals surface area contributed by atoms with Crippen LogP contribution in [0.1, 0.15) is 28.9 Å². The van der Waals surface area contributed by atoms with Gasteiger partial charge in [-0.25, -0.2) is 0 Å². The number of hydrogen-bond acceptors (Lipinski definition) is 3. The van der Waals surface area contributed by atoms with Gasteiger partial charge in [-0.3, -0.25) is 14.3 Å². The van der Waals surface area contributed by atoms with E-state index in [9.17, 15) is 9.59 Å². The van der Waals surface area contributed by atoms with E-state index in [4.69, 9.17) is 5.11 Å². The van der Waals surface area contributed by atoms with Gasteiger partial charge in [0.1, 0.15) is 0 Å². The van der Waals surface area contributed by atoms with Crippen LogP contribution < -0.4 is 0 Å². The molecule has 1 heterocycles. The Morgan fingerprint density at radius 2 is 2.18 bits per heavy atom. The maximum Gasteiger partial charge on any atom is 0.303 e. The number of rotatable bonds is 5. The normalized spacial score (nSPS) is 10.3. The summed E-state index contributed by atoms with van der Waals surface area (Å²) in [5, 5.41) is 12.6. The highest BCUT2D eigenvalue weighted by Gasteiger charge is 2.16. The fraction of sp³-hybridized carbons (Fsp3) is 0.545. The summed E-state index contributed by atoms with van der Waals surface area (Å²) >= 11 is 0. The van der Waals surface area contributed by atoms with Crippen LogP contribution >= 0.6 is 0 Å². The van der Waals surface area contributed by atoms with Crippen LogP contribution in [0.3, 0.4) is 0 Å². The van der Waals surface area contributed by atoms with Gasteiger partial charge in [-0.1, -0.05) is 0 Å². The van der Waals surface area contributed by atoms with Crippen molar-refractivity contribution < 1.29 is 14.7 Å². The van der Waals surface area contributed by atoms with Crippen molar-refractivity contribution >= 4 is 11.9 Å². The molecule has 0 unspecified atom stereocenters. The van der Waals surface area contributed by atoms with E-state index in [-0.39, 0.29) is 12.3 Å². The minimum atomic E-state index is -0.844. The molecular weight excluding hydrogens is 222 g/mol. The average Bonchev–Trinajstić information content (AvgIpc) is 2.56. The van der Waals surface area contributed by atoms with Crippen LogP contribution in [0.4, 0.5) is 0 Å². The Morgan fingerprint density at radius 1 is 1.53 bits per heavy atom. The van der Waals surface area contributed by atoms with Crippen LogP contribution in [0.15, 0.2) is 6.20 Å². The SMILES string of the molecule is Cc1nn(C)cc1C(=O)N(C)CCCC(=O)O. The molecule has 6 nitrogen and oxygen atoms in total. The molecule has 0 saturated heterocycles. The van der Waals surface area contributed by atoms with Crippen molar-refractivity contribution in [2.75, 3.05) is 13.6 Å². The highest BCUT2D eigenvalue weighted by molar-refractivity contribution is 5.94. The summed E-state index contributed by atoms with van der Waals surface area (Å²) in [5.74, 6) is -0.968. The molecule has 0 aliphatic rings. The summed E-state index contributed by atoms with van der Waals surface area (Å²) in [4.78, 5) is 23.9. The number of nitrogens with zero attached hydrogens (tertiary/aromatic N) is 3. The Labute approximate surface area is 99.8 Å². The topological polar surface area (TPSA) is 75.4 Å². The standard InChI is InChI=1S/C11H17N3O3/c1-8-9(7-14(3)12-8)11(17)13(2)6-4-5-10(15)16/h7H,4-6H2,1-3H3,(H,15,16). The molecule has 0 aliphatic heterocycles. The number of hydrogen-bond donors (Lipinski definition) is 1. The Kier molecular flexibility index (Phi) is 4.25.